The Hall–Kier alpha value is -1.91. The fraction of sp³-hybridized carbons (Fsp3) is 0.100. The molecule has 0 fully saturated rings. The normalized spacial score (nSPS) is 10.6. The van der Waals surface area contributed by atoms with Crippen LogP contribution < -0.4 is 5.73 Å². The third-order valence-corrected chi connectivity index (χ3v) is 2.18. The Morgan fingerprint density at radius 3 is 2.67 bits per heavy atom. The van der Waals surface area contributed by atoms with Crippen molar-refractivity contribution in [2.75, 3.05) is 5.73 Å². The van der Waals surface area contributed by atoms with E-state index in [9.17, 15) is 8.78 Å². The quantitative estimate of drug-likeness (QED) is 0.756. The van der Waals surface area contributed by atoms with Crippen LogP contribution in [-0.2, 0) is 0 Å². The number of aromatic nitrogens is 2. The summed E-state index contributed by atoms with van der Waals surface area (Å²) in [6, 6.07) is 3.17. The summed E-state index contributed by atoms with van der Waals surface area (Å²) >= 11 is 0. The van der Waals surface area contributed by atoms with Crippen molar-refractivity contribution in [3.05, 3.63) is 35.5 Å². The molecule has 2 rings (SSSR count). The van der Waals surface area contributed by atoms with E-state index >= 15 is 0 Å². The lowest BCUT2D eigenvalue weighted by Gasteiger charge is -2.00. The van der Waals surface area contributed by atoms with Crippen molar-refractivity contribution in [1.82, 2.24) is 10.2 Å². The summed E-state index contributed by atoms with van der Waals surface area (Å²) < 4.78 is 26.3. The lowest BCUT2D eigenvalue weighted by Crippen LogP contribution is -1.92. The predicted octanol–water partition coefficient (Wildman–Crippen LogP) is 2.25. The van der Waals surface area contributed by atoms with Crippen LogP contribution in [-0.4, -0.2) is 10.2 Å². The molecular formula is C10H9F2N3. The maximum atomic E-state index is 13.4. The number of rotatable bonds is 1. The topological polar surface area (TPSA) is 54.7 Å². The van der Waals surface area contributed by atoms with Gasteiger partial charge in [-0.1, -0.05) is 0 Å². The van der Waals surface area contributed by atoms with Gasteiger partial charge in [0.2, 0.25) is 0 Å². The zero-order valence-corrected chi connectivity index (χ0v) is 8.01. The highest BCUT2D eigenvalue weighted by molar-refractivity contribution is 5.74. The number of aryl methyl sites for hydroxylation is 1. The monoisotopic (exact) mass is 209 g/mol. The van der Waals surface area contributed by atoms with Crippen LogP contribution in [0.5, 0.6) is 0 Å². The molecule has 2 aromatic rings. The molecule has 78 valence electrons. The van der Waals surface area contributed by atoms with E-state index in [4.69, 9.17) is 5.73 Å². The van der Waals surface area contributed by atoms with E-state index in [1.54, 1.807) is 6.92 Å². The molecule has 0 radical (unpaired) electrons. The van der Waals surface area contributed by atoms with Crippen LogP contribution >= 0.6 is 0 Å². The van der Waals surface area contributed by atoms with Crippen molar-refractivity contribution < 1.29 is 8.78 Å². The zero-order chi connectivity index (χ0) is 11.0. The number of nitrogen functional groups attached to an aromatic ring is 1. The molecule has 1 aromatic carbocycles. The molecule has 0 spiro atoms. The largest absolute Gasteiger partial charge is 0.395 e. The molecule has 0 aliphatic heterocycles. The fourth-order valence-corrected chi connectivity index (χ4v) is 1.32. The second kappa shape index (κ2) is 3.34. The number of nitrogens with one attached hydrogen (secondary N) is 1. The van der Waals surface area contributed by atoms with Crippen LogP contribution in [0.2, 0.25) is 0 Å². The first-order valence-electron chi connectivity index (χ1n) is 4.35. The van der Waals surface area contributed by atoms with Gasteiger partial charge in [-0.15, -0.1) is 0 Å². The Labute approximate surface area is 84.9 Å². The molecule has 15 heavy (non-hydrogen) atoms. The number of halogens is 2. The molecule has 0 aliphatic rings. The SMILES string of the molecule is Cc1[nH]nc(-c2cc(F)ccc2F)c1N. The van der Waals surface area contributed by atoms with Crippen molar-refractivity contribution in [2.45, 2.75) is 6.92 Å². The van der Waals surface area contributed by atoms with Crippen molar-refractivity contribution >= 4 is 5.69 Å². The highest BCUT2D eigenvalue weighted by Crippen LogP contribution is 2.28. The first-order valence-corrected chi connectivity index (χ1v) is 4.35. The Morgan fingerprint density at radius 1 is 1.33 bits per heavy atom. The van der Waals surface area contributed by atoms with Crippen molar-refractivity contribution in [1.29, 1.82) is 0 Å². The summed E-state index contributed by atoms with van der Waals surface area (Å²) in [5.41, 5.74) is 6.94. The van der Waals surface area contributed by atoms with Crippen LogP contribution in [0, 0.1) is 18.6 Å². The van der Waals surface area contributed by atoms with Crippen LogP contribution in [0.3, 0.4) is 0 Å². The molecule has 0 aliphatic carbocycles. The first kappa shape index (κ1) is 9.64. The van der Waals surface area contributed by atoms with E-state index in [0.717, 1.165) is 18.2 Å². The average Bonchev–Trinajstić information content (AvgIpc) is 2.52. The van der Waals surface area contributed by atoms with Gasteiger partial charge in [0, 0.05) is 5.56 Å². The third kappa shape index (κ3) is 1.56. The maximum absolute atomic E-state index is 13.4. The summed E-state index contributed by atoms with van der Waals surface area (Å²) in [4.78, 5) is 0. The number of nitrogens with two attached hydrogens (primary N) is 1. The minimum atomic E-state index is -0.547. The predicted molar refractivity (Wildman–Crippen MR) is 53.1 cm³/mol. The van der Waals surface area contributed by atoms with Crippen molar-refractivity contribution in [2.24, 2.45) is 0 Å². The Morgan fingerprint density at radius 2 is 2.07 bits per heavy atom. The molecule has 1 heterocycles. The molecule has 0 saturated heterocycles. The highest BCUT2D eigenvalue weighted by Gasteiger charge is 2.13. The van der Waals surface area contributed by atoms with Gasteiger partial charge in [0.15, 0.2) is 0 Å². The van der Waals surface area contributed by atoms with Crippen LogP contribution in [0.1, 0.15) is 5.69 Å². The molecule has 3 N–H and O–H groups in total. The van der Waals surface area contributed by atoms with E-state index in [1.807, 2.05) is 0 Å². The minimum Gasteiger partial charge on any atom is -0.395 e. The lowest BCUT2D eigenvalue weighted by molar-refractivity contribution is 0.602. The van der Waals surface area contributed by atoms with Gasteiger partial charge in [-0.2, -0.15) is 5.10 Å². The lowest BCUT2D eigenvalue weighted by atomic mass is 10.1. The van der Waals surface area contributed by atoms with Crippen molar-refractivity contribution in [3.63, 3.8) is 0 Å². The average molecular weight is 209 g/mol. The number of aromatic amines is 1. The second-order valence-electron chi connectivity index (χ2n) is 3.24. The number of hydrogen-bond acceptors (Lipinski definition) is 2. The maximum Gasteiger partial charge on any atom is 0.132 e. The van der Waals surface area contributed by atoms with E-state index in [-0.39, 0.29) is 11.3 Å². The number of anilines is 1. The van der Waals surface area contributed by atoms with Gasteiger partial charge in [-0.3, -0.25) is 5.10 Å². The van der Waals surface area contributed by atoms with E-state index in [2.05, 4.69) is 10.2 Å². The fourth-order valence-electron chi connectivity index (χ4n) is 1.32. The van der Waals surface area contributed by atoms with Gasteiger partial charge in [-0.05, 0) is 25.1 Å². The van der Waals surface area contributed by atoms with E-state index < -0.39 is 11.6 Å². The third-order valence-electron chi connectivity index (χ3n) is 2.18. The van der Waals surface area contributed by atoms with E-state index in [1.165, 1.54) is 0 Å². The van der Waals surface area contributed by atoms with E-state index in [0.29, 0.717) is 11.4 Å². The summed E-state index contributed by atoms with van der Waals surface area (Å²) in [6.45, 7) is 1.71. The molecule has 0 bridgehead atoms. The van der Waals surface area contributed by atoms with Crippen molar-refractivity contribution in [3.8, 4) is 11.3 Å². The molecule has 0 atom stereocenters. The Kier molecular flexibility index (Phi) is 2.15. The van der Waals surface area contributed by atoms with Gasteiger partial charge in [0.05, 0.1) is 11.4 Å². The van der Waals surface area contributed by atoms with Gasteiger partial charge in [0.25, 0.3) is 0 Å². The van der Waals surface area contributed by atoms with Gasteiger partial charge in [0.1, 0.15) is 17.3 Å². The molecule has 0 unspecified atom stereocenters. The Bertz CT molecular complexity index is 505. The molecule has 1 aromatic heterocycles. The summed E-state index contributed by atoms with van der Waals surface area (Å²) in [6.07, 6.45) is 0. The van der Waals surface area contributed by atoms with Gasteiger partial charge >= 0.3 is 0 Å². The number of hydrogen-bond donors (Lipinski definition) is 2. The zero-order valence-electron chi connectivity index (χ0n) is 8.01. The molecular weight excluding hydrogens is 200 g/mol. The second-order valence-corrected chi connectivity index (χ2v) is 3.24. The Balaban J connectivity index is 2.63. The molecule has 5 heteroatoms. The molecule has 0 amide bonds. The standard InChI is InChI=1S/C10H9F2N3/c1-5-9(13)10(15-14-5)7-4-6(11)2-3-8(7)12/h2-4H,13H2,1H3,(H,14,15). The number of H-pyrrole nitrogens is 1. The summed E-state index contributed by atoms with van der Waals surface area (Å²) in [5, 5.41) is 6.45. The van der Waals surface area contributed by atoms with Crippen LogP contribution in [0.25, 0.3) is 11.3 Å². The van der Waals surface area contributed by atoms with Gasteiger partial charge < -0.3 is 5.73 Å². The number of benzene rings is 1. The molecule has 3 nitrogen and oxygen atoms in total. The summed E-state index contributed by atoms with van der Waals surface area (Å²) in [7, 11) is 0. The minimum absolute atomic E-state index is 0.0665. The summed E-state index contributed by atoms with van der Waals surface area (Å²) in [5.74, 6) is -1.07. The van der Waals surface area contributed by atoms with Gasteiger partial charge in [-0.25, -0.2) is 8.78 Å². The smallest absolute Gasteiger partial charge is 0.132 e. The molecule has 0 saturated carbocycles. The highest BCUT2D eigenvalue weighted by atomic mass is 19.1. The van der Waals surface area contributed by atoms with Crippen LogP contribution in [0.4, 0.5) is 14.5 Å². The van der Waals surface area contributed by atoms with Crippen LogP contribution in [0.15, 0.2) is 18.2 Å². The first-order chi connectivity index (χ1) is 7.09. The number of nitrogens with zero attached hydrogens (tertiary/aromatic N) is 1.